The lowest BCUT2D eigenvalue weighted by molar-refractivity contribution is -0.127. The number of pyridine rings is 1. The highest BCUT2D eigenvalue weighted by atomic mass is 32.2. The first-order chi connectivity index (χ1) is 15.0. The Balaban J connectivity index is 1.64. The molecule has 1 atom stereocenters. The highest BCUT2D eigenvalue weighted by Gasteiger charge is 2.33. The molecule has 1 amide bonds. The van der Waals surface area contributed by atoms with Crippen molar-refractivity contribution in [2.24, 2.45) is 11.8 Å². The Morgan fingerprint density at radius 2 is 1.72 bits per heavy atom. The van der Waals surface area contributed by atoms with Crippen LogP contribution in [0.3, 0.4) is 0 Å². The lowest BCUT2D eigenvalue weighted by Crippen LogP contribution is -2.44. The van der Waals surface area contributed by atoms with Crippen LogP contribution in [0.4, 0.5) is 0 Å². The van der Waals surface area contributed by atoms with Crippen molar-refractivity contribution in [2.45, 2.75) is 63.8 Å². The van der Waals surface area contributed by atoms with E-state index in [4.69, 9.17) is 0 Å². The van der Waals surface area contributed by atoms with Crippen LogP contribution in [0.25, 0.3) is 0 Å². The molecule has 2 heterocycles. The number of hydrogen-bond acceptors (Lipinski definition) is 4. The number of piperidine rings is 1. The molecular formula is C25H35N3O3S. The van der Waals surface area contributed by atoms with Crippen molar-refractivity contribution in [3.63, 3.8) is 0 Å². The van der Waals surface area contributed by atoms with Gasteiger partial charge < -0.3 is 5.32 Å². The number of benzene rings is 1. The molecule has 1 aliphatic rings. The lowest BCUT2D eigenvalue weighted by atomic mass is 9.85. The molecule has 1 aliphatic heterocycles. The molecule has 0 radical (unpaired) electrons. The van der Waals surface area contributed by atoms with Crippen molar-refractivity contribution in [1.82, 2.24) is 14.6 Å². The maximum Gasteiger partial charge on any atom is 0.244 e. The van der Waals surface area contributed by atoms with Gasteiger partial charge >= 0.3 is 0 Å². The summed E-state index contributed by atoms with van der Waals surface area (Å²) in [6.45, 7) is 11.4. The summed E-state index contributed by atoms with van der Waals surface area (Å²) >= 11 is 0. The van der Waals surface area contributed by atoms with Gasteiger partial charge in [0.05, 0.1) is 6.04 Å². The van der Waals surface area contributed by atoms with Crippen molar-refractivity contribution >= 4 is 15.9 Å². The summed E-state index contributed by atoms with van der Waals surface area (Å²) in [5.74, 6) is 0.0537. The zero-order valence-corrected chi connectivity index (χ0v) is 20.5. The molecule has 174 valence electrons. The van der Waals surface area contributed by atoms with E-state index in [9.17, 15) is 13.2 Å². The molecule has 32 heavy (non-hydrogen) atoms. The largest absolute Gasteiger partial charge is 0.349 e. The number of rotatable bonds is 6. The standard InChI is InChI=1S/C25H35N3O3S/c1-18(2)23(19-8-10-21(11-9-19)25(3,4)5)27-24(29)20-12-15-28(16-13-20)32(30,31)22-7-6-14-26-17-22/h6-11,14,17-18,20,23H,12-13,15-16H2,1-5H3,(H,27,29). The molecule has 1 N–H and O–H groups in total. The summed E-state index contributed by atoms with van der Waals surface area (Å²) in [4.78, 5) is 17.2. The number of nitrogens with zero attached hydrogens (tertiary/aromatic N) is 2. The highest BCUT2D eigenvalue weighted by molar-refractivity contribution is 7.89. The summed E-state index contributed by atoms with van der Waals surface area (Å²) < 4.78 is 27.1. The van der Waals surface area contributed by atoms with Gasteiger partial charge in [-0.15, -0.1) is 0 Å². The van der Waals surface area contributed by atoms with Crippen LogP contribution in [0.2, 0.25) is 0 Å². The van der Waals surface area contributed by atoms with E-state index in [1.165, 1.54) is 16.1 Å². The normalized spacial score (nSPS) is 17.3. The fourth-order valence-corrected chi connectivity index (χ4v) is 5.54. The molecule has 1 saturated heterocycles. The Hall–Kier alpha value is -2.25. The molecule has 2 aromatic rings. The average molecular weight is 458 g/mol. The second kappa shape index (κ2) is 9.71. The van der Waals surface area contributed by atoms with Gasteiger partial charge in [-0.05, 0) is 47.4 Å². The first kappa shape index (κ1) is 24.4. The van der Waals surface area contributed by atoms with E-state index in [1.807, 2.05) is 0 Å². The third-order valence-electron chi connectivity index (χ3n) is 6.20. The Bertz CT molecular complexity index is 1000. The van der Waals surface area contributed by atoms with Gasteiger partial charge in [-0.1, -0.05) is 58.9 Å². The van der Waals surface area contributed by atoms with Gasteiger partial charge in [0.2, 0.25) is 15.9 Å². The van der Waals surface area contributed by atoms with E-state index in [2.05, 4.69) is 69.2 Å². The van der Waals surface area contributed by atoms with Crippen molar-refractivity contribution in [3.05, 3.63) is 59.9 Å². The fourth-order valence-electron chi connectivity index (χ4n) is 4.10. The minimum absolute atomic E-state index is 0.00187. The van der Waals surface area contributed by atoms with Gasteiger partial charge in [-0.3, -0.25) is 9.78 Å². The molecule has 7 heteroatoms. The number of nitrogens with one attached hydrogen (secondary N) is 1. The molecule has 1 aromatic carbocycles. The van der Waals surface area contributed by atoms with E-state index >= 15 is 0 Å². The SMILES string of the molecule is CC(C)C(NC(=O)C1CCN(S(=O)(=O)c2cccnc2)CC1)c1ccc(C(C)(C)C)cc1. The first-order valence-electron chi connectivity index (χ1n) is 11.3. The molecule has 1 unspecified atom stereocenters. The monoisotopic (exact) mass is 457 g/mol. The maximum absolute atomic E-state index is 13.0. The minimum Gasteiger partial charge on any atom is -0.349 e. The molecule has 0 saturated carbocycles. The van der Waals surface area contributed by atoms with Crippen LogP contribution in [0.15, 0.2) is 53.7 Å². The number of aromatic nitrogens is 1. The predicted molar refractivity (Wildman–Crippen MR) is 127 cm³/mol. The summed E-state index contributed by atoms with van der Waals surface area (Å²) in [6.07, 6.45) is 3.95. The fraction of sp³-hybridized carbons (Fsp3) is 0.520. The van der Waals surface area contributed by atoms with Gasteiger partial charge in [-0.2, -0.15) is 4.31 Å². The van der Waals surface area contributed by atoms with Crippen molar-refractivity contribution in [2.75, 3.05) is 13.1 Å². The average Bonchev–Trinajstić information content (AvgIpc) is 2.77. The van der Waals surface area contributed by atoms with E-state index in [-0.39, 0.29) is 34.1 Å². The number of carbonyl (C=O) groups is 1. The Morgan fingerprint density at radius 3 is 2.22 bits per heavy atom. The Morgan fingerprint density at radius 1 is 1.09 bits per heavy atom. The Labute approximate surface area is 192 Å². The molecule has 6 nitrogen and oxygen atoms in total. The number of amides is 1. The molecule has 0 spiro atoms. The van der Waals surface area contributed by atoms with E-state index in [0.717, 1.165) is 5.56 Å². The second-order valence-corrected chi connectivity index (χ2v) is 11.9. The van der Waals surface area contributed by atoms with Crippen molar-refractivity contribution in [1.29, 1.82) is 0 Å². The van der Waals surface area contributed by atoms with Crippen LogP contribution >= 0.6 is 0 Å². The van der Waals surface area contributed by atoms with E-state index in [0.29, 0.717) is 25.9 Å². The summed E-state index contributed by atoms with van der Waals surface area (Å²) in [7, 11) is -3.57. The zero-order valence-electron chi connectivity index (χ0n) is 19.7. The van der Waals surface area contributed by atoms with Gasteiger partial charge in [0, 0.05) is 31.4 Å². The third kappa shape index (κ3) is 5.56. The third-order valence-corrected chi connectivity index (χ3v) is 8.08. The summed E-state index contributed by atoms with van der Waals surface area (Å²) in [5.41, 5.74) is 2.44. The van der Waals surface area contributed by atoms with Crippen molar-refractivity contribution in [3.8, 4) is 0 Å². The molecule has 0 aliphatic carbocycles. The Kier molecular flexibility index (Phi) is 7.40. The zero-order chi connectivity index (χ0) is 23.5. The second-order valence-electron chi connectivity index (χ2n) is 9.97. The molecule has 0 bridgehead atoms. The van der Waals surface area contributed by atoms with E-state index < -0.39 is 10.0 Å². The van der Waals surface area contributed by atoms with Gasteiger partial charge in [-0.25, -0.2) is 8.42 Å². The maximum atomic E-state index is 13.0. The highest BCUT2D eigenvalue weighted by Crippen LogP contribution is 2.29. The van der Waals surface area contributed by atoms with Crippen LogP contribution in [0, 0.1) is 11.8 Å². The van der Waals surface area contributed by atoms with Crippen LogP contribution < -0.4 is 5.32 Å². The smallest absolute Gasteiger partial charge is 0.244 e. The van der Waals surface area contributed by atoms with Crippen LogP contribution in [0.1, 0.15) is 64.6 Å². The van der Waals surface area contributed by atoms with Gasteiger partial charge in [0.15, 0.2) is 0 Å². The van der Waals surface area contributed by atoms with E-state index in [1.54, 1.807) is 18.3 Å². The first-order valence-corrected chi connectivity index (χ1v) is 12.7. The molecule has 3 rings (SSSR count). The van der Waals surface area contributed by atoms with Crippen LogP contribution in [-0.2, 0) is 20.2 Å². The van der Waals surface area contributed by atoms with Crippen LogP contribution in [-0.4, -0.2) is 36.7 Å². The van der Waals surface area contributed by atoms with Crippen molar-refractivity contribution < 1.29 is 13.2 Å². The number of sulfonamides is 1. The number of carbonyl (C=O) groups excluding carboxylic acids is 1. The quantitative estimate of drug-likeness (QED) is 0.702. The summed E-state index contributed by atoms with van der Waals surface area (Å²) in [6, 6.07) is 11.6. The van der Waals surface area contributed by atoms with Gasteiger partial charge in [0.1, 0.15) is 4.90 Å². The van der Waals surface area contributed by atoms with Crippen LogP contribution in [0.5, 0.6) is 0 Å². The number of hydrogen-bond donors (Lipinski definition) is 1. The van der Waals surface area contributed by atoms with Gasteiger partial charge in [0.25, 0.3) is 0 Å². The topological polar surface area (TPSA) is 79.4 Å². The lowest BCUT2D eigenvalue weighted by Gasteiger charge is -2.32. The predicted octanol–water partition coefficient (Wildman–Crippen LogP) is 4.29. The molecule has 1 aromatic heterocycles. The summed E-state index contributed by atoms with van der Waals surface area (Å²) in [5, 5.41) is 3.23. The molecular weight excluding hydrogens is 422 g/mol. The minimum atomic E-state index is -3.57. The molecule has 1 fully saturated rings.